The molecule has 27 heavy (non-hydrogen) atoms. The van der Waals surface area contributed by atoms with Crippen LogP contribution in [0.3, 0.4) is 0 Å². The molecule has 2 atom stereocenters. The maximum absolute atomic E-state index is 6.08. The molecule has 0 aromatic carbocycles. The van der Waals surface area contributed by atoms with Gasteiger partial charge >= 0.3 is 0 Å². The molecular formula is C21H45IN4O. The van der Waals surface area contributed by atoms with Gasteiger partial charge in [-0.25, -0.2) is 0 Å². The maximum Gasteiger partial charge on any atom is 0.190 e. The van der Waals surface area contributed by atoms with Crippen molar-refractivity contribution < 1.29 is 4.74 Å². The highest BCUT2D eigenvalue weighted by atomic mass is 127. The summed E-state index contributed by atoms with van der Waals surface area (Å²) < 4.78 is 6.08. The first-order chi connectivity index (χ1) is 12.3. The number of hydrogen-bond acceptors (Lipinski definition) is 3. The molecule has 0 spiro atoms. The zero-order chi connectivity index (χ0) is 19.4. The fourth-order valence-electron chi connectivity index (χ4n) is 3.75. The van der Waals surface area contributed by atoms with Crippen molar-refractivity contribution in [3.63, 3.8) is 0 Å². The number of rotatable bonds is 10. The average Bonchev–Trinajstić information content (AvgIpc) is 2.59. The highest BCUT2D eigenvalue weighted by molar-refractivity contribution is 14.0. The van der Waals surface area contributed by atoms with Gasteiger partial charge in [-0.15, -0.1) is 24.0 Å². The number of ether oxygens (including phenoxy) is 1. The molecule has 0 saturated carbocycles. The van der Waals surface area contributed by atoms with Gasteiger partial charge in [0.25, 0.3) is 0 Å². The Labute approximate surface area is 185 Å². The summed E-state index contributed by atoms with van der Waals surface area (Å²) in [5.41, 5.74) is 0.191. The van der Waals surface area contributed by atoms with Crippen LogP contribution in [0.25, 0.3) is 0 Å². The molecular weight excluding hydrogens is 451 g/mol. The van der Waals surface area contributed by atoms with Crippen molar-refractivity contribution in [3.8, 4) is 0 Å². The molecule has 1 aliphatic rings. The summed E-state index contributed by atoms with van der Waals surface area (Å²) in [6.07, 6.45) is 9.19. The van der Waals surface area contributed by atoms with E-state index < -0.39 is 0 Å². The SMILES string of the molecule is CN=C(NCCCCCCCN(C)C)NCC1CCCOC1C(C)(C)C.I. The lowest BCUT2D eigenvalue weighted by atomic mass is 9.78. The number of nitrogens with zero attached hydrogens (tertiary/aromatic N) is 2. The van der Waals surface area contributed by atoms with Crippen molar-refractivity contribution in [2.75, 3.05) is 47.4 Å². The monoisotopic (exact) mass is 496 g/mol. The quantitative estimate of drug-likeness (QED) is 0.207. The second-order valence-corrected chi connectivity index (χ2v) is 9.01. The molecule has 1 saturated heterocycles. The first kappa shape index (κ1) is 26.9. The van der Waals surface area contributed by atoms with Gasteiger partial charge < -0.3 is 20.3 Å². The zero-order valence-corrected chi connectivity index (χ0v) is 21.0. The summed E-state index contributed by atoms with van der Waals surface area (Å²) in [5, 5.41) is 6.98. The van der Waals surface area contributed by atoms with E-state index in [0.717, 1.165) is 25.7 Å². The largest absolute Gasteiger partial charge is 0.377 e. The molecule has 2 N–H and O–H groups in total. The standard InChI is InChI=1S/C21H44N4O.HI/c1-21(2,3)19-18(13-12-16-26-19)17-24-20(22-4)23-14-10-8-7-9-11-15-25(5)6;/h18-19H,7-17H2,1-6H3,(H2,22,23,24);1H. The van der Waals surface area contributed by atoms with Crippen LogP contribution in [0, 0.1) is 11.3 Å². The minimum absolute atomic E-state index is 0. The van der Waals surface area contributed by atoms with E-state index in [1.165, 1.54) is 51.5 Å². The summed E-state index contributed by atoms with van der Waals surface area (Å²) in [5.74, 6) is 1.48. The van der Waals surface area contributed by atoms with Gasteiger partial charge in [-0.2, -0.15) is 0 Å². The van der Waals surface area contributed by atoms with E-state index in [4.69, 9.17) is 4.74 Å². The molecule has 0 aliphatic carbocycles. The van der Waals surface area contributed by atoms with Gasteiger partial charge in [0.2, 0.25) is 0 Å². The third-order valence-corrected chi connectivity index (χ3v) is 5.13. The average molecular weight is 497 g/mol. The highest BCUT2D eigenvalue weighted by Gasteiger charge is 2.35. The molecule has 2 unspecified atom stereocenters. The first-order valence-electron chi connectivity index (χ1n) is 10.6. The zero-order valence-electron chi connectivity index (χ0n) is 18.6. The highest BCUT2D eigenvalue weighted by Crippen LogP contribution is 2.33. The van der Waals surface area contributed by atoms with Gasteiger partial charge in [0.15, 0.2) is 5.96 Å². The minimum Gasteiger partial charge on any atom is -0.377 e. The molecule has 0 aromatic heterocycles. The molecule has 0 radical (unpaired) electrons. The first-order valence-corrected chi connectivity index (χ1v) is 10.6. The second-order valence-electron chi connectivity index (χ2n) is 9.01. The van der Waals surface area contributed by atoms with E-state index in [2.05, 4.69) is 55.4 Å². The molecule has 1 rings (SSSR count). The molecule has 6 heteroatoms. The Morgan fingerprint density at radius 3 is 2.37 bits per heavy atom. The van der Waals surface area contributed by atoms with Gasteiger partial charge in [-0.3, -0.25) is 4.99 Å². The fourth-order valence-corrected chi connectivity index (χ4v) is 3.75. The molecule has 0 aromatic rings. The Morgan fingerprint density at radius 2 is 1.74 bits per heavy atom. The van der Waals surface area contributed by atoms with E-state index in [-0.39, 0.29) is 29.4 Å². The van der Waals surface area contributed by atoms with E-state index in [0.29, 0.717) is 12.0 Å². The van der Waals surface area contributed by atoms with Crippen LogP contribution in [0.1, 0.15) is 65.7 Å². The molecule has 0 bridgehead atoms. The number of aliphatic imine (C=N–C) groups is 1. The Bertz CT molecular complexity index is 396. The maximum atomic E-state index is 6.08. The molecule has 162 valence electrons. The lowest BCUT2D eigenvalue weighted by molar-refractivity contribution is -0.0835. The molecule has 1 fully saturated rings. The van der Waals surface area contributed by atoms with Crippen molar-refractivity contribution in [2.45, 2.75) is 71.8 Å². The van der Waals surface area contributed by atoms with Crippen molar-refractivity contribution in [2.24, 2.45) is 16.3 Å². The van der Waals surface area contributed by atoms with Gasteiger partial charge in [0.05, 0.1) is 6.10 Å². The van der Waals surface area contributed by atoms with Crippen molar-refractivity contribution >= 4 is 29.9 Å². The molecule has 1 heterocycles. The van der Waals surface area contributed by atoms with Gasteiger partial charge in [-0.1, -0.05) is 40.0 Å². The third-order valence-electron chi connectivity index (χ3n) is 5.13. The lowest BCUT2D eigenvalue weighted by Gasteiger charge is -2.40. The van der Waals surface area contributed by atoms with Crippen LogP contribution >= 0.6 is 24.0 Å². The number of halogens is 1. The van der Waals surface area contributed by atoms with Crippen LogP contribution in [0.5, 0.6) is 0 Å². The summed E-state index contributed by atoms with van der Waals surface area (Å²) >= 11 is 0. The number of guanidine groups is 1. The smallest absolute Gasteiger partial charge is 0.190 e. The van der Waals surface area contributed by atoms with Crippen LogP contribution in [0.15, 0.2) is 4.99 Å². The summed E-state index contributed by atoms with van der Waals surface area (Å²) in [7, 11) is 6.15. The van der Waals surface area contributed by atoms with E-state index in [1.54, 1.807) is 0 Å². The Hall–Kier alpha value is -0.0800. The predicted octanol–water partition coefficient (Wildman–Crippen LogP) is 4.12. The van der Waals surface area contributed by atoms with Gasteiger partial charge in [-0.05, 0) is 51.7 Å². The summed E-state index contributed by atoms with van der Waals surface area (Å²) in [6, 6.07) is 0. The van der Waals surface area contributed by atoms with Crippen LogP contribution in [-0.4, -0.2) is 64.3 Å². The van der Waals surface area contributed by atoms with Gasteiger partial charge in [0.1, 0.15) is 0 Å². The normalized spacial score (nSPS) is 21.1. The van der Waals surface area contributed by atoms with Crippen LogP contribution in [-0.2, 0) is 4.74 Å². The van der Waals surface area contributed by atoms with Crippen LogP contribution < -0.4 is 10.6 Å². The van der Waals surface area contributed by atoms with Gasteiger partial charge in [0, 0.05) is 32.7 Å². The van der Waals surface area contributed by atoms with E-state index >= 15 is 0 Å². The second kappa shape index (κ2) is 14.9. The topological polar surface area (TPSA) is 48.9 Å². The molecule has 1 aliphatic heterocycles. The summed E-state index contributed by atoms with van der Waals surface area (Å²) in [6.45, 7) is 10.9. The Balaban J connectivity index is 0.00000676. The molecule has 5 nitrogen and oxygen atoms in total. The number of nitrogens with one attached hydrogen (secondary N) is 2. The Kier molecular flexibility index (Phi) is 14.8. The van der Waals surface area contributed by atoms with E-state index in [1.807, 2.05) is 7.05 Å². The van der Waals surface area contributed by atoms with E-state index in [9.17, 15) is 0 Å². The lowest BCUT2D eigenvalue weighted by Crippen LogP contribution is -2.47. The van der Waals surface area contributed by atoms with Crippen LogP contribution in [0.2, 0.25) is 0 Å². The summed E-state index contributed by atoms with van der Waals surface area (Å²) in [4.78, 5) is 6.64. The number of hydrogen-bond donors (Lipinski definition) is 2. The minimum atomic E-state index is 0. The third kappa shape index (κ3) is 12.2. The Morgan fingerprint density at radius 1 is 1.07 bits per heavy atom. The van der Waals surface area contributed by atoms with Crippen molar-refractivity contribution in [1.29, 1.82) is 0 Å². The van der Waals surface area contributed by atoms with Crippen molar-refractivity contribution in [1.82, 2.24) is 15.5 Å². The van der Waals surface area contributed by atoms with Crippen LogP contribution in [0.4, 0.5) is 0 Å². The number of unbranched alkanes of at least 4 members (excludes halogenated alkanes) is 4. The van der Waals surface area contributed by atoms with Crippen molar-refractivity contribution in [3.05, 3.63) is 0 Å². The molecule has 0 amide bonds. The fraction of sp³-hybridized carbons (Fsp3) is 0.952. The predicted molar refractivity (Wildman–Crippen MR) is 128 cm³/mol.